The maximum atomic E-state index is 12.6. The van der Waals surface area contributed by atoms with Crippen LogP contribution in [0.15, 0.2) is 42.6 Å². The Bertz CT molecular complexity index is 1380. The number of halogens is 4. The van der Waals surface area contributed by atoms with E-state index in [4.69, 9.17) is 61.0 Å². The summed E-state index contributed by atoms with van der Waals surface area (Å²) in [5.74, 6) is -2.15. The highest BCUT2D eigenvalue weighted by atomic mass is 35.5. The maximum absolute atomic E-state index is 12.6. The number of aryl methyl sites for hydroxylation is 1. The van der Waals surface area contributed by atoms with Gasteiger partial charge in [-0.05, 0) is 48.4 Å². The molecule has 0 radical (unpaired) electrons. The van der Waals surface area contributed by atoms with Gasteiger partial charge < -0.3 is 30.3 Å². The van der Waals surface area contributed by atoms with Crippen LogP contribution in [0.25, 0.3) is 0 Å². The van der Waals surface area contributed by atoms with Crippen LogP contribution in [0.3, 0.4) is 0 Å². The van der Waals surface area contributed by atoms with E-state index in [0.717, 1.165) is 0 Å². The Kier molecular flexibility index (Phi) is 12.3. The van der Waals surface area contributed by atoms with Crippen molar-refractivity contribution in [3.05, 3.63) is 79.4 Å². The fourth-order valence-electron chi connectivity index (χ4n) is 3.58. The molecule has 4 N–H and O–H groups in total. The summed E-state index contributed by atoms with van der Waals surface area (Å²) in [4.78, 5) is 38.8. The minimum atomic E-state index is -1.15. The van der Waals surface area contributed by atoms with Gasteiger partial charge >= 0.3 is 11.9 Å². The highest BCUT2D eigenvalue weighted by molar-refractivity contribution is 6.40. The van der Waals surface area contributed by atoms with Crippen molar-refractivity contribution in [3.63, 3.8) is 0 Å². The average molecular weight is 645 g/mol. The van der Waals surface area contributed by atoms with E-state index >= 15 is 0 Å². The molecule has 3 aromatic rings. The summed E-state index contributed by atoms with van der Waals surface area (Å²) in [5.41, 5.74) is 1.09. The summed E-state index contributed by atoms with van der Waals surface area (Å²) >= 11 is 25.0. The lowest BCUT2D eigenvalue weighted by molar-refractivity contribution is -0.136. The van der Waals surface area contributed by atoms with Crippen molar-refractivity contribution >= 4 is 75.8 Å². The number of carbonyl (C=O) groups excluding carboxylic acids is 1. The van der Waals surface area contributed by atoms with E-state index in [1.54, 1.807) is 12.1 Å². The molecule has 0 aliphatic carbocycles. The molecule has 0 bridgehead atoms. The maximum Gasteiger partial charge on any atom is 0.339 e. The number of hydrogen-bond donors (Lipinski definition) is 4. The van der Waals surface area contributed by atoms with Crippen LogP contribution in [0.4, 0.5) is 11.5 Å². The zero-order valence-corrected chi connectivity index (χ0v) is 24.4. The van der Waals surface area contributed by atoms with Gasteiger partial charge in [0.15, 0.2) is 5.75 Å². The summed E-state index contributed by atoms with van der Waals surface area (Å²) in [6.07, 6.45) is 2.24. The molecule has 3 rings (SSSR count). The smallest absolute Gasteiger partial charge is 0.339 e. The first-order chi connectivity index (χ1) is 19.6. The fourth-order valence-corrected chi connectivity index (χ4v) is 4.88. The number of benzene rings is 2. The molecule has 10 nitrogen and oxygen atoms in total. The largest absolute Gasteiger partial charge is 0.490 e. The Morgan fingerprint density at radius 2 is 1.59 bits per heavy atom. The van der Waals surface area contributed by atoms with Gasteiger partial charge in [-0.25, -0.2) is 9.78 Å². The molecule has 2 aromatic carbocycles. The molecule has 0 aliphatic rings. The Labute approximate surface area is 255 Å². The number of carboxylic acids is 2. The summed E-state index contributed by atoms with van der Waals surface area (Å²) < 4.78 is 11.2. The molecule has 0 atom stereocenters. The van der Waals surface area contributed by atoms with Crippen LogP contribution in [-0.4, -0.2) is 59.4 Å². The Morgan fingerprint density at radius 1 is 0.902 bits per heavy atom. The van der Waals surface area contributed by atoms with E-state index in [2.05, 4.69) is 15.6 Å². The van der Waals surface area contributed by atoms with Crippen LogP contribution in [0.2, 0.25) is 20.1 Å². The Balaban J connectivity index is 1.41. The number of aromatic nitrogens is 1. The van der Waals surface area contributed by atoms with E-state index in [-0.39, 0.29) is 53.2 Å². The summed E-state index contributed by atoms with van der Waals surface area (Å²) in [7, 11) is 0. The normalized spacial score (nSPS) is 10.7. The standard InChI is InChI=1S/C27H25Cl4N3O7/c28-18-13-16(34-25-17(27(38)39)3-1-6-32-25)14-19(29)23(18)26(37)33-7-10-40-8-2-9-41-24-20(30)11-15(12-21(24)31)4-5-22(35)36/h1,3,6,11-14H,2,4-5,7-10H2,(H,32,34)(H,33,37)(H,35,36)(H,38,39). The monoisotopic (exact) mass is 643 g/mol. The summed E-state index contributed by atoms with van der Waals surface area (Å²) in [5, 5.41) is 24.4. The second-order valence-corrected chi connectivity index (χ2v) is 10.1. The number of anilines is 2. The molecule has 218 valence electrons. The lowest BCUT2D eigenvalue weighted by atomic mass is 10.1. The minimum absolute atomic E-state index is 0.0297. The predicted molar refractivity (Wildman–Crippen MR) is 157 cm³/mol. The van der Waals surface area contributed by atoms with Crippen LogP contribution >= 0.6 is 46.4 Å². The molecule has 41 heavy (non-hydrogen) atoms. The molecule has 0 unspecified atom stereocenters. The van der Waals surface area contributed by atoms with Crippen molar-refractivity contribution in [1.82, 2.24) is 10.3 Å². The van der Waals surface area contributed by atoms with Gasteiger partial charge in [0, 0.05) is 37.9 Å². The van der Waals surface area contributed by atoms with Gasteiger partial charge in [0.1, 0.15) is 11.4 Å². The van der Waals surface area contributed by atoms with Gasteiger partial charge in [0.25, 0.3) is 5.91 Å². The van der Waals surface area contributed by atoms with E-state index in [1.807, 2.05) is 0 Å². The van der Waals surface area contributed by atoms with Crippen molar-refractivity contribution in [3.8, 4) is 5.75 Å². The molecule has 14 heteroatoms. The van der Waals surface area contributed by atoms with Crippen molar-refractivity contribution in [1.29, 1.82) is 0 Å². The Morgan fingerprint density at radius 3 is 2.22 bits per heavy atom. The first kappa shape index (κ1) is 32.2. The lowest BCUT2D eigenvalue weighted by Crippen LogP contribution is -2.28. The molecule has 0 spiro atoms. The van der Waals surface area contributed by atoms with Crippen molar-refractivity contribution in [2.24, 2.45) is 0 Å². The topological polar surface area (TPSA) is 147 Å². The molecular weight excluding hydrogens is 620 g/mol. The number of nitrogens with zero attached hydrogens (tertiary/aromatic N) is 1. The van der Waals surface area contributed by atoms with Crippen LogP contribution in [-0.2, 0) is 16.0 Å². The number of nitrogens with one attached hydrogen (secondary N) is 2. The number of amides is 1. The molecule has 0 fully saturated rings. The van der Waals surface area contributed by atoms with E-state index in [9.17, 15) is 19.5 Å². The van der Waals surface area contributed by atoms with Crippen LogP contribution in [0, 0.1) is 0 Å². The third kappa shape index (κ3) is 9.65. The minimum Gasteiger partial charge on any atom is -0.490 e. The van der Waals surface area contributed by atoms with Gasteiger partial charge in [-0.1, -0.05) is 46.4 Å². The lowest BCUT2D eigenvalue weighted by Gasteiger charge is -2.13. The fraction of sp³-hybridized carbons (Fsp3) is 0.259. The third-order valence-electron chi connectivity index (χ3n) is 5.47. The number of rotatable bonds is 15. The molecule has 0 saturated heterocycles. The summed E-state index contributed by atoms with van der Waals surface area (Å²) in [6, 6.07) is 9.05. The molecular formula is C27H25Cl4N3O7. The van der Waals surface area contributed by atoms with Crippen LogP contribution in [0.5, 0.6) is 5.75 Å². The van der Waals surface area contributed by atoms with Gasteiger partial charge in [-0.15, -0.1) is 0 Å². The number of aromatic carboxylic acids is 1. The molecule has 1 heterocycles. The van der Waals surface area contributed by atoms with E-state index in [0.29, 0.717) is 46.5 Å². The van der Waals surface area contributed by atoms with E-state index in [1.165, 1.54) is 30.5 Å². The van der Waals surface area contributed by atoms with Gasteiger partial charge in [-0.2, -0.15) is 0 Å². The number of hydrogen-bond acceptors (Lipinski definition) is 7. The number of pyridine rings is 1. The van der Waals surface area contributed by atoms with Crippen LogP contribution < -0.4 is 15.4 Å². The molecule has 0 saturated carbocycles. The highest BCUT2D eigenvalue weighted by Crippen LogP contribution is 2.35. The van der Waals surface area contributed by atoms with Crippen molar-refractivity contribution < 1.29 is 34.1 Å². The number of ether oxygens (including phenoxy) is 2. The second-order valence-electron chi connectivity index (χ2n) is 8.50. The van der Waals surface area contributed by atoms with Crippen molar-refractivity contribution in [2.45, 2.75) is 19.3 Å². The third-order valence-corrected chi connectivity index (χ3v) is 6.62. The summed E-state index contributed by atoms with van der Waals surface area (Å²) in [6.45, 7) is 1.03. The number of carbonyl (C=O) groups is 3. The SMILES string of the molecule is O=C(O)CCc1cc(Cl)c(OCCCOCCNC(=O)c2c(Cl)cc(Nc3ncccc3C(=O)O)cc2Cl)c(Cl)c1. The Hall–Kier alpha value is -3.28. The highest BCUT2D eigenvalue weighted by Gasteiger charge is 2.18. The number of carboxylic acid groups (broad SMARTS) is 2. The zero-order valence-electron chi connectivity index (χ0n) is 21.4. The zero-order chi connectivity index (χ0) is 29.9. The van der Waals surface area contributed by atoms with Gasteiger partial charge in [-0.3, -0.25) is 9.59 Å². The molecule has 1 amide bonds. The average Bonchev–Trinajstić information content (AvgIpc) is 2.90. The first-order valence-corrected chi connectivity index (χ1v) is 13.7. The van der Waals surface area contributed by atoms with Gasteiger partial charge in [0.2, 0.25) is 0 Å². The van der Waals surface area contributed by atoms with Crippen molar-refractivity contribution in [2.75, 3.05) is 31.7 Å². The van der Waals surface area contributed by atoms with Crippen LogP contribution in [0.1, 0.15) is 39.1 Å². The number of aliphatic carboxylic acids is 1. The first-order valence-electron chi connectivity index (χ1n) is 12.2. The molecule has 0 aliphatic heterocycles. The molecule has 1 aromatic heterocycles. The van der Waals surface area contributed by atoms with Gasteiger partial charge in [0.05, 0.1) is 38.9 Å². The van der Waals surface area contributed by atoms with E-state index < -0.39 is 17.8 Å². The second kappa shape index (κ2) is 15.6. The quantitative estimate of drug-likeness (QED) is 0.139. The predicted octanol–water partition coefficient (Wildman–Crippen LogP) is 6.37.